The van der Waals surface area contributed by atoms with Gasteiger partial charge in [-0.05, 0) is 43.5 Å². The van der Waals surface area contributed by atoms with Gasteiger partial charge < -0.3 is 10.4 Å². The first kappa shape index (κ1) is 11.9. The Labute approximate surface area is 102 Å². The number of rotatable bonds is 3. The minimum atomic E-state index is -0.540. The molecular formula is C14H18N2O. The first-order chi connectivity index (χ1) is 8.13. The number of hydrogen-bond donors (Lipinski definition) is 2. The van der Waals surface area contributed by atoms with Gasteiger partial charge in [0.1, 0.15) is 0 Å². The second-order valence-corrected chi connectivity index (χ2v) is 4.93. The fourth-order valence-electron chi connectivity index (χ4n) is 2.38. The highest BCUT2D eigenvalue weighted by Gasteiger charge is 2.30. The molecule has 90 valence electrons. The van der Waals surface area contributed by atoms with Gasteiger partial charge in [0.25, 0.3) is 0 Å². The number of anilines is 1. The Balaban J connectivity index is 2.00. The predicted octanol–water partition coefficient (Wildman–Crippen LogP) is 2.58. The van der Waals surface area contributed by atoms with Gasteiger partial charge in [-0.1, -0.05) is 12.8 Å². The Kier molecular flexibility index (Phi) is 3.35. The molecule has 0 atom stereocenters. The monoisotopic (exact) mass is 230 g/mol. The quantitative estimate of drug-likeness (QED) is 0.839. The molecular weight excluding hydrogens is 212 g/mol. The zero-order chi connectivity index (χ0) is 12.3. The summed E-state index contributed by atoms with van der Waals surface area (Å²) in [6, 6.07) is 7.81. The number of benzene rings is 1. The largest absolute Gasteiger partial charge is 0.388 e. The number of aliphatic hydroxyl groups is 1. The van der Waals surface area contributed by atoms with Gasteiger partial charge >= 0.3 is 0 Å². The van der Waals surface area contributed by atoms with Gasteiger partial charge in [0.15, 0.2) is 0 Å². The first-order valence-electron chi connectivity index (χ1n) is 6.10. The summed E-state index contributed by atoms with van der Waals surface area (Å²) in [5, 5.41) is 22.3. The molecule has 3 nitrogen and oxygen atoms in total. The number of aryl methyl sites for hydroxylation is 1. The van der Waals surface area contributed by atoms with Gasteiger partial charge in [0, 0.05) is 12.2 Å². The van der Waals surface area contributed by atoms with Crippen molar-refractivity contribution < 1.29 is 5.11 Å². The molecule has 0 unspecified atom stereocenters. The predicted molar refractivity (Wildman–Crippen MR) is 67.8 cm³/mol. The SMILES string of the molecule is Cc1cc(NCC2(O)CCCC2)ccc1C#N. The molecule has 0 aliphatic heterocycles. The van der Waals surface area contributed by atoms with Gasteiger partial charge in [0.2, 0.25) is 0 Å². The minimum Gasteiger partial charge on any atom is -0.388 e. The number of nitrogens with zero attached hydrogens (tertiary/aromatic N) is 1. The molecule has 0 radical (unpaired) electrons. The van der Waals surface area contributed by atoms with Crippen molar-refractivity contribution in [3.05, 3.63) is 29.3 Å². The van der Waals surface area contributed by atoms with Crippen LogP contribution in [0, 0.1) is 18.3 Å². The van der Waals surface area contributed by atoms with Crippen molar-refractivity contribution >= 4 is 5.69 Å². The molecule has 2 N–H and O–H groups in total. The van der Waals surface area contributed by atoms with E-state index in [1.165, 1.54) is 0 Å². The van der Waals surface area contributed by atoms with Crippen LogP contribution in [0.25, 0.3) is 0 Å². The van der Waals surface area contributed by atoms with E-state index < -0.39 is 5.60 Å². The van der Waals surface area contributed by atoms with Crippen molar-refractivity contribution in [1.29, 1.82) is 5.26 Å². The Bertz CT molecular complexity index is 442. The van der Waals surface area contributed by atoms with Crippen LogP contribution in [0.15, 0.2) is 18.2 Å². The molecule has 1 aliphatic rings. The lowest BCUT2D eigenvalue weighted by Gasteiger charge is -2.23. The van der Waals surface area contributed by atoms with Crippen LogP contribution in [0.1, 0.15) is 36.8 Å². The summed E-state index contributed by atoms with van der Waals surface area (Å²) >= 11 is 0. The van der Waals surface area contributed by atoms with E-state index in [1.54, 1.807) is 0 Å². The van der Waals surface area contributed by atoms with Gasteiger partial charge in [-0.15, -0.1) is 0 Å². The lowest BCUT2D eigenvalue weighted by Crippen LogP contribution is -2.33. The van der Waals surface area contributed by atoms with Crippen molar-refractivity contribution in [2.75, 3.05) is 11.9 Å². The number of nitriles is 1. The van der Waals surface area contributed by atoms with Crippen LogP contribution in [0.3, 0.4) is 0 Å². The Morgan fingerprint density at radius 3 is 2.71 bits per heavy atom. The molecule has 1 aliphatic carbocycles. The van der Waals surface area contributed by atoms with Crippen LogP contribution in [-0.2, 0) is 0 Å². The van der Waals surface area contributed by atoms with Gasteiger partial charge in [-0.3, -0.25) is 0 Å². The maximum absolute atomic E-state index is 10.2. The minimum absolute atomic E-state index is 0.540. The number of hydrogen-bond acceptors (Lipinski definition) is 3. The zero-order valence-corrected chi connectivity index (χ0v) is 10.2. The van der Waals surface area contributed by atoms with E-state index in [-0.39, 0.29) is 0 Å². The highest BCUT2D eigenvalue weighted by atomic mass is 16.3. The second-order valence-electron chi connectivity index (χ2n) is 4.93. The molecule has 1 fully saturated rings. The first-order valence-corrected chi connectivity index (χ1v) is 6.10. The molecule has 17 heavy (non-hydrogen) atoms. The molecule has 1 aromatic rings. The maximum Gasteiger partial charge on any atom is 0.0994 e. The van der Waals surface area contributed by atoms with E-state index >= 15 is 0 Å². The summed E-state index contributed by atoms with van der Waals surface area (Å²) < 4.78 is 0. The molecule has 0 saturated heterocycles. The third-order valence-corrected chi connectivity index (χ3v) is 3.50. The zero-order valence-electron chi connectivity index (χ0n) is 10.2. The molecule has 0 amide bonds. The topological polar surface area (TPSA) is 56.0 Å². The summed E-state index contributed by atoms with van der Waals surface area (Å²) in [5.41, 5.74) is 2.11. The van der Waals surface area contributed by atoms with Crippen LogP contribution in [0.2, 0.25) is 0 Å². The van der Waals surface area contributed by atoms with Gasteiger partial charge in [-0.2, -0.15) is 5.26 Å². The molecule has 0 bridgehead atoms. The summed E-state index contributed by atoms with van der Waals surface area (Å²) in [7, 11) is 0. The third-order valence-electron chi connectivity index (χ3n) is 3.50. The third kappa shape index (κ3) is 2.78. The molecule has 2 rings (SSSR count). The summed E-state index contributed by atoms with van der Waals surface area (Å²) in [4.78, 5) is 0. The van der Waals surface area contributed by atoms with Crippen LogP contribution in [0.5, 0.6) is 0 Å². The molecule has 1 aromatic carbocycles. The lowest BCUT2D eigenvalue weighted by molar-refractivity contribution is 0.0615. The van der Waals surface area contributed by atoms with Crippen molar-refractivity contribution in [3.8, 4) is 6.07 Å². The highest BCUT2D eigenvalue weighted by molar-refractivity contribution is 5.51. The van der Waals surface area contributed by atoms with E-state index in [4.69, 9.17) is 5.26 Å². The molecule has 3 heteroatoms. The normalized spacial score (nSPS) is 17.7. The summed E-state index contributed by atoms with van der Waals surface area (Å²) in [5.74, 6) is 0. The van der Waals surface area contributed by atoms with Crippen molar-refractivity contribution in [2.45, 2.75) is 38.2 Å². The standard InChI is InChI=1S/C14H18N2O/c1-11-8-13(5-4-12(11)9-15)16-10-14(17)6-2-3-7-14/h4-5,8,16-17H,2-3,6-7,10H2,1H3. The van der Waals surface area contributed by atoms with Crippen molar-refractivity contribution in [2.24, 2.45) is 0 Å². The van der Waals surface area contributed by atoms with E-state index in [2.05, 4.69) is 11.4 Å². The van der Waals surface area contributed by atoms with Crippen LogP contribution >= 0.6 is 0 Å². The average molecular weight is 230 g/mol. The molecule has 1 saturated carbocycles. The van der Waals surface area contributed by atoms with Crippen molar-refractivity contribution in [3.63, 3.8) is 0 Å². The van der Waals surface area contributed by atoms with Gasteiger partial charge in [0.05, 0.1) is 17.2 Å². The molecule has 0 spiro atoms. The Morgan fingerprint density at radius 1 is 1.41 bits per heavy atom. The van der Waals surface area contributed by atoms with E-state index in [0.717, 1.165) is 36.9 Å². The van der Waals surface area contributed by atoms with Crippen LogP contribution < -0.4 is 5.32 Å². The van der Waals surface area contributed by atoms with Crippen LogP contribution in [0.4, 0.5) is 5.69 Å². The van der Waals surface area contributed by atoms with E-state index in [0.29, 0.717) is 12.1 Å². The molecule has 0 aromatic heterocycles. The Hall–Kier alpha value is -1.53. The van der Waals surface area contributed by atoms with Crippen molar-refractivity contribution in [1.82, 2.24) is 0 Å². The fourth-order valence-corrected chi connectivity index (χ4v) is 2.38. The van der Waals surface area contributed by atoms with E-state index in [9.17, 15) is 5.11 Å². The molecule has 0 heterocycles. The lowest BCUT2D eigenvalue weighted by atomic mass is 10.0. The maximum atomic E-state index is 10.2. The summed E-state index contributed by atoms with van der Waals surface area (Å²) in [6.07, 6.45) is 4.00. The average Bonchev–Trinajstić information content (AvgIpc) is 2.74. The van der Waals surface area contributed by atoms with Gasteiger partial charge in [-0.25, -0.2) is 0 Å². The Morgan fingerprint density at radius 2 is 2.12 bits per heavy atom. The number of nitrogens with one attached hydrogen (secondary N) is 1. The second kappa shape index (κ2) is 4.77. The summed E-state index contributed by atoms with van der Waals surface area (Å²) in [6.45, 7) is 2.52. The fraction of sp³-hybridized carbons (Fsp3) is 0.500. The van der Waals surface area contributed by atoms with Crippen LogP contribution in [-0.4, -0.2) is 17.3 Å². The smallest absolute Gasteiger partial charge is 0.0994 e. The highest BCUT2D eigenvalue weighted by Crippen LogP contribution is 2.29. The van der Waals surface area contributed by atoms with E-state index in [1.807, 2.05) is 25.1 Å².